The number of ether oxygens (including phenoxy) is 2. The average molecular weight is 492 g/mol. The highest BCUT2D eigenvalue weighted by Crippen LogP contribution is 2.43. The summed E-state index contributed by atoms with van der Waals surface area (Å²) < 4.78 is 24.2. The summed E-state index contributed by atoms with van der Waals surface area (Å²) in [5.41, 5.74) is -0.815. The summed E-state index contributed by atoms with van der Waals surface area (Å²) >= 11 is 0.999. The molecule has 1 atom stereocenters. The Bertz CT molecular complexity index is 1170. The molecule has 0 aliphatic carbocycles. The fourth-order valence-corrected chi connectivity index (χ4v) is 5.36. The second-order valence-electron chi connectivity index (χ2n) is 8.41. The van der Waals surface area contributed by atoms with Crippen molar-refractivity contribution in [2.24, 2.45) is 0 Å². The van der Waals surface area contributed by atoms with Gasteiger partial charge in [0.25, 0.3) is 5.91 Å². The predicted molar refractivity (Wildman–Crippen MR) is 122 cm³/mol. The van der Waals surface area contributed by atoms with E-state index in [1.54, 1.807) is 13.8 Å². The Balaban J connectivity index is 2.12. The number of hydrogen-bond acceptors (Lipinski definition) is 7. The minimum absolute atomic E-state index is 0.134. The Labute approximate surface area is 200 Å². The highest BCUT2D eigenvalue weighted by molar-refractivity contribution is 7.14. The molecule has 10 heteroatoms. The Morgan fingerprint density at radius 1 is 1.26 bits per heavy atom. The molecule has 0 fully saturated rings. The number of halogens is 1. The lowest BCUT2D eigenvalue weighted by Crippen LogP contribution is -2.59. The van der Waals surface area contributed by atoms with Crippen molar-refractivity contribution >= 4 is 35.1 Å². The fourth-order valence-electron chi connectivity index (χ4n) is 4.04. The van der Waals surface area contributed by atoms with Crippen molar-refractivity contribution < 1.29 is 38.1 Å². The molecule has 3 rings (SSSR count). The summed E-state index contributed by atoms with van der Waals surface area (Å²) in [5.74, 6) is -4.35. The lowest BCUT2D eigenvalue weighted by Gasteiger charge is -2.39. The number of carbonyl (C=O) groups is 4. The monoisotopic (exact) mass is 491 g/mol. The molecule has 1 aliphatic rings. The lowest BCUT2D eigenvalue weighted by molar-refractivity contribution is -0.154. The zero-order chi connectivity index (χ0) is 25.4. The third-order valence-electron chi connectivity index (χ3n) is 5.91. The van der Waals surface area contributed by atoms with Crippen LogP contribution in [0.25, 0.3) is 0 Å². The molecule has 1 aliphatic heterocycles. The van der Waals surface area contributed by atoms with Gasteiger partial charge in [0, 0.05) is 4.88 Å². The molecule has 2 heterocycles. The van der Waals surface area contributed by atoms with Crippen molar-refractivity contribution in [3.63, 3.8) is 0 Å². The number of imide groups is 1. The van der Waals surface area contributed by atoms with E-state index in [0.717, 1.165) is 16.2 Å². The second-order valence-corrected chi connectivity index (χ2v) is 9.46. The number of carboxylic acids is 1. The highest BCUT2D eigenvalue weighted by atomic mass is 32.1. The maximum atomic E-state index is 13.9. The lowest BCUT2D eigenvalue weighted by atomic mass is 9.86. The van der Waals surface area contributed by atoms with Crippen LogP contribution in [0, 0.1) is 12.7 Å². The van der Waals surface area contributed by atoms with Crippen LogP contribution in [0.2, 0.25) is 0 Å². The minimum atomic E-state index is -1.82. The smallest absolute Gasteiger partial charge is 0.348 e. The average Bonchev–Trinajstić information content (AvgIpc) is 3.11. The number of methoxy groups -OCH3 is 1. The quantitative estimate of drug-likeness (QED) is 0.440. The van der Waals surface area contributed by atoms with E-state index in [9.17, 15) is 28.7 Å². The summed E-state index contributed by atoms with van der Waals surface area (Å²) in [6, 6.07) is 4.05. The summed E-state index contributed by atoms with van der Waals surface area (Å²) in [5, 5.41) is 9.73. The van der Waals surface area contributed by atoms with Crippen LogP contribution in [-0.4, -0.2) is 53.0 Å². The Hall–Kier alpha value is -3.27. The van der Waals surface area contributed by atoms with Crippen LogP contribution < -0.4 is 4.74 Å². The fraction of sp³-hybridized carbons (Fsp3) is 0.417. The van der Waals surface area contributed by atoms with E-state index in [1.165, 1.54) is 39.2 Å². The zero-order valence-corrected chi connectivity index (χ0v) is 20.4. The van der Waals surface area contributed by atoms with Gasteiger partial charge in [-0.2, -0.15) is 0 Å². The first-order valence-corrected chi connectivity index (χ1v) is 11.5. The van der Waals surface area contributed by atoms with E-state index in [-0.39, 0.29) is 29.9 Å². The Morgan fingerprint density at radius 2 is 1.94 bits per heavy atom. The number of aryl methyl sites for hydroxylation is 1. The Morgan fingerprint density at radius 3 is 2.53 bits per heavy atom. The van der Waals surface area contributed by atoms with E-state index >= 15 is 0 Å². The Kier molecular flexibility index (Phi) is 7.11. The van der Waals surface area contributed by atoms with Gasteiger partial charge in [-0.3, -0.25) is 14.5 Å². The minimum Gasteiger partial charge on any atom is -0.496 e. The number of esters is 1. The van der Waals surface area contributed by atoms with Crippen LogP contribution in [-0.2, 0) is 20.7 Å². The van der Waals surface area contributed by atoms with Crippen LogP contribution in [0.1, 0.15) is 69.1 Å². The SMILES string of the molecule is CCOC(=O)c1sc2c(c1C)C(=O)N(C(C)(C)C(=O)O)C(=O)C2CCc1cc(F)ccc1OC. The standard InChI is InChI=1S/C24H26FNO7S/c1-6-33-22(29)18-12(2)17-19(34-18)15(9-7-13-11-14(25)8-10-16(13)32-5)20(27)26(21(17)28)24(3,4)23(30)31/h8,10-11,15H,6-7,9H2,1-5H3,(H,30,31). The third-order valence-corrected chi connectivity index (χ3v) is 7.30. The first-order valence-electron chi connectivity index (χ1n) is 10.7. The molecule has 34 heavy (non-hydrogen) atoms. The second kappa shape index (κ2) is 9.54. The van der Waals surface area contributed by atoms with Crippen molar-refractivity contribution in [1.82, 2.24) is 4.90 Å². The number of fused-ring (bicyclic) bond motifs is 1. The molecule has 1 unspecified atom stereocenters. The van der Waals surface area contributed by atoms with Gasteiger partial charge in [-0.1, -0.05) is 0 Å². The van der Waals surface area contributed by atoms with Crippen molar-refractivity contribution in [2.45, 2.75) is 52.0 Å². The van der Waals surface area contributed by atoms with Crippen LogP contribution >= 0.6 is 11.3 Å². The normalized spacial score (nSPS) is 15.8. The largest absolute Gasteiger partial charge is 0.496 e. The van der Waals surface area contributed by atoms with Gasteiger partial charge in [-0.25, -0.2) is 14.0 Å². The van der Waals surface area contributed by atoms with E-state index in [0.29, 0.717) is 21.8 Å². The van der Waals surface area contributed by atoms with Crippen LogP contribution in [0.5, 0.6) is 5.75 Å². The van der Waals surface area contributed by atoms with E-state index in [2.05, 4.69) is 0 Å². The van der Waals surface area contributed by atoms with Gasteiger partial charge in [0.05, 0.1) is 25.2 Å². The number of nitrogens with zero attached hydrogens (tertiary/aromatic N) is 1. The van der Waals surface area contributed by atoms with Crippen LogP contribution in [0.4, 0.5) is 4.39 Å². The number of amides is 2. The molecule has 2 amide bonds. The third kappa shape index (κ3) is 4.29. The van der Waals surface area contributed by atoms with Crippen molar-refractivity contribution in [3.05, 3.63) is 50.5 Å². The number of carboxylic acid groups (broad SMARTS) is 1. The molecule has 1 N–H and O–H groups in total. The van der Waals surface area contributed by atoms with Crippen molar-refractivity contribution in [1.29, 1.82) is 0 Å². The molecule has 2 aromatic rings. The number of carbonyl (C=O) groups excluding carboxylic acids is 3. The molecular formula is C24H26FNO7S. The topological polar surface area (TPSA) is 110 Å². The molecule has 0 saturated heterocycles. The van der Waals surface area contributed by atoms with Gasteiger partial charge in [0.15, 0.2) is 0 Å². The van der Waals surface area contributed by atoms with Gasteiger partial charge in [-0.05, 0) is 69.9 Å². The molecule has 0 spiro atoms. The first kappa shape index (κ1) is 25.4. The summed E-state index contributed by atoms with van der Waals surface area (Å²) in [6.07, 6.45) is 0.366. The molecule has 0 radical (unpaired) electrons. The van der Waals surface area contributed by atoms with Gasteiger partial charge in [0.2, 0.25) is 5.91 Å². The van der Waals surface area contributed by atoms with Crippen molar-refractivity contribution in [3.8, 4) is 5.75 Å². The van der Waals surface area contributed by atoms with Crippen LogP contribution in [0.3, 0.4) is 0 Å². The number of aliphatic carboxylic acids is 1. The molecule has 182 valence electrons. The molecular weight excluding hydrogens is 465 g/mol. The maximum Gasteiger partial charge on any atom is 0.348 e. The summed E-state index contributed by atoms with van der Waals surface area (Å²) in [4.78, 5) is 52.7. The van der Waals surface area contributed by atoms with E-state index in [1.807, 2.05) is 0 Å². The molecule has 1 aromatic heterocycles. The summed E-state index contributed by atoms with van der Waals surface area (Å²) in [7, 11) is 1.45. The zero-order valence-electron chi connectivity index (χ0n) is 19.6. The van der Waals surface area contributed by atoms with Crippen molar-refractivity contribution in [2.75, 3.05) is 13.7 Å². The number of rotatable bonds is 8. The van der Waals surface area contributed by atoms with Gasteiger partial charge in [0.1, 0.15) is 22.0 Å². The molecule has 1 aromatic carbocycles. The van der Waals surface area contributed by atoms with Gasteiger partial charge >= 0.3 is 11.9 Å². The number of thiophene rings is 1. The van der Waals surface area contributed by atoms with Gasteiger partial charge < -0.3 is 14.6 Å². The summed E-state index contributed by atoms with van der Waals surface area (Å²) in [6.45, 7) is 5.91. The van der Waals surface area contributed by atoms with Crippen LogP contribution in [0.15, 0.2) is 18.2 Å². The molecule has 0 bridgehead atoms. The van der Waals surface area contributed by atoms with Gasteiger partial charge in [-0.15, -0.1) is 11.3 Å². The molecule has 0 saturated carbocycles. The number of benzene rings is 1. The maximum absolute atomic E-state index is 13.9. The first-order chi connectivity index (χ1) is 15.9. The number of hydrogen-bond donors (Lipinski definition) is 1. The van der Waals surface area contributed by atoms with E-state index < -0.39 is 41.0 Å². The molecule has 8 nitrogen and oxygen atoms in total. The highest BCUT2D eigenvalue weighted by Gasteiger charge is 2.50. The van der Waals surface area contributed by atoms with E-state index in [4.69, 9.17) is 9.47 Å². The predicted octanol–water partition coefficient (Wildman–Crippen LogP) is 3.94.